The SMILES string of the molecule is CCNC(=O)COC(=O)COc1c(C)cc(Cl)cc1C. The summed E-state index contributed by atoms with van der Waals surface area (Å²) in [5, 5.41) is 3.14. The molecule has 0 aliphatic carbocycles. The summed E-state index contributed by atoms with van der Waals surface area (Å²) in [5.74, 6) is -0.325. The molecule has 0 aliphatic heterocycles. The van der Waals surface area contributed by atoms with E-state index in [-0.39, 0.29) is 19.1 Å². The Balaban J connectivity index is 2.47. The second kappa shape index (κ2) is 7.75. The zero-order valence-corrected chi connectivity index (χ0v) is 12.5. The molecular weight excluding hydrogens is 282 g/mol. The van der Waals surface area contributed by atoms with Crippen LogP contribution < -0.4 is 10.1 Å². The van der Waals surface area contributed by atoms with Crippen LogP contribution in [0.1, 0.15) is 18.1 Å². The summed E-state index contributed by atoms with van der Waals surface area (Å²) in [6, 6.07) is 3.51. The first-order valence-corrected chi connectivity index (χ1v) is 6.63. The number of carbonyl (C=O) groups is 2. The van der Waals surface area contributed by atoms with E-state index >= 15 is 0 Å². The average molecular weight is 300 g/mol. The number of amides is 1. The average Bonchev–Trinajstić information content (AvgIpc) is 2.35. The van der Waals surface area contributed by atoms with Gasteiger partial charge in [-0.05, 0) is 44.0 Å². The van der Waals surface area contributed by atoms with Crippen LogP contribution in [0.15, 0.2) is 12.1 Å². The van der Waals surface area contributed by atoms with E-state index in [9.17, 15) is 9.59 Å². The van der Waals surface area contributed by atoms with Crippen LogP contribution in [0.4, 0.5) is 0 Å². The van der Waals surface area contributed by atoms with E-state index in [0.29, 0.717) is 17.3 Å². The van der Waals surface area contributed by atoms with Crippen molar-refractivity contribution in [1.29, 1.82) is 0 Å². The van der Waals surface area contributed by atoms with E-state index in [1.807, 2.05) is 13.8 Å². The minimum atomic E-state index is -0.593. The Morgan fingerprint density at radius 2 is 1.80 bits per heavy atom. The van der Waals surface area contributed by atoms with Crippen molar-refractivity contribution >= 4 is 23.5 Å². The van der Waals surface area contributed by atoms with Crippen LogP contribution in [-0.2, 0) is 14.3 Å². The number of ether oxygens (including phenoxy) is 2. The molecule has 0 unspecified atom stereocenters. The maximum absolute atomic E-state index is 11.5. The predicted molar refractivity (Wildman–Crippen MR) is 76.1 cm³/mol. The fraction of sp³-hybridized carbons (Fsp3) is 0.429. The molecule has 0 bridgehead atoms. The minimum absolute atomic E-state index is 0.247. The molecule has 1 amide bonds. The first-order chi connectivity index (χ1) is 9.43. The Bertz CT molecular complexity index is 479. The van der Waals surface area contributed by atoms with Crippen LogP contribution in [0, 0.1) is 13.8 Å². The number of hydrogen-bond acceptors (Lipinski definition) is 4. The molecule has 0 aliphatic rings. The number of benzene rings is 1. The Labute approximate surface area is 123 Å². The van der Waals surface area contributed by atoms with Crippen LogP contribution in [0.5, 0.6) is 5.75 Å². The third-order valence-corrected chi connectivity index (χ3v) is 2.72. The fourth-order valence-corrected chi connectivity index (χ4v) is 2.02. The molecule has 0 fully saturated rings. The first kappa shape index (κ1) is 16.3. The molecule has 6 heteroatoms. The molecule has 0 spiro atoms. The Morgan fingerprint density at radius 1 is 1.20 bits per heavy atom. The van der Waals surface area contributed by atoms with Gasteiger partial charge in [-0.3, -0.25) is 4.79 Å². The highest BCUT2D eigenvalue weighted by Crippen LogP contribution is 2.26. The second-order valence-electron chi connectivity index (χ2n) is 4.27. The molecule has 0 heterocycles. The molecule has 110 valence electrons. The lowest BCUT2D eigenvalue weighted by molar-refractivity contribution is -0.150. The van der Waals surface area contributed by atoms with Gasteiger partial charge in [-0.2, -0.15) is 0 Å². The minimum Gasteiger partial charge on any atom is -0.481 e. The fourth-order valence-electron chi connectivity index (χ4n) is 1.69. The number of halogens is 1. The summed E-state index contributed by atoms with van der Waals surface area (Å²) >= 11 is 5.91. The number of nitrogens with one attached hydrogen (secondary N) is 1. The van der Waals surface area contributed by atoms with E-state index in [4.69, 9.17) is 21.1 Å². The summed E-state index contributed by atoms with van der Waals surface area (Å²) in [6.45, 7) is 5.42. The van der Waals surface area contributed by atoms with Crippen molar-refractivity contribution in [3.05, 3.63) is 28.3 Å². The second-order valence-corrected chi connectivity index (χ2v) is 4.71. The van der Waals surface area contributed by atoms with Crippen molar-refractivity contribution in [2.75, 3.05) is 19.8 Å². The van der Waals surface area contributed by atoms with Gasteiger partial charge < -0.3 is 14.8 Å². The summed E-state index contributed by atoms with van der Waals surface area (Å²) in [4.78, 5) is 22.6. The van der Waals surface area contributed by atoms with Crippen molar-refractivity contribution in [2.24, 2.45) is 0 Å². The Hall–Kier alpha value is -1.75. The molecule has 0 saturated heterocycles. The van der Waals surface area contributed by atoms with Gasteiger partial charge >= 0.3 is 5.97 Å². The molecule has 1 N–H and O–H groups in total. The van der Waals surface area contributed by atoms with Crippen molar-refractivity contribution < 1.29 is 19.1 Å². The highest BCUT2D eigenvalue weighted by Gasteiger charge is 2.11. The normalized spacial score (nSPS) is 10.0. The molecule has 20 heavy (non-hydrogen) atoms. The summed E-state index contributed by atoms with van der Waals surface area (Å²) in [7, 11) is 0. The molecule has 1 aromatic rings. The van der Waals surface area contributed by atoms with Gasteiger partial charge in [0.05, 0.1) is 0 Å². The van der Waals surface area contributed by atoms with Gasteiger partial charge in [0.2, 0.25) is 0 Å². The zero-order chi connectivity index (χ0) is 15.1. The number of aryl methyl sites for hydroxylation is 2. The first-order valence-electron chi connectivity index (χ1n) is 6.26. The van der Waals surface area contributed by atoms with E-state index in [2.05, 4.69) is 5.32 Å². The number of rotatable bonds is 6. The highest BCUT2D eigenvalue weighted by atomic mass is 35.5. The lowest BCUT2D eigenvalue weighted by Gasteiger charge is -2.12. The van der Waals surface area contributed by atoms with Crippen molar-refractivity contribution in [2.45, 2.75) is 20.8 Å². The van der Waals surface area contributed by atoms with Gasteiger partial charge in [0, 0.05) is 11.6 Å². The molecule has 1 aromatic carbocycles. The zero-order valence-electron chi connectivity index (χ0n) is 11.8. The van der Waals surface area contributed by atoms with Gasteiger partial charge in [0.15, 0.2) is 13.2 Å². The standard InChI is InChI=1S/C14H18ClNO4/c1-4-16-12(17)7-19-13(18)8-20-14-9(2)5-11(15)6-10(14)3/h5-6H,4,7-8H2,1-3H3,(H,16,17). The van der Waals surface area contributed by atoms with Crippen LogP contribution in [-0.4, -0.2) is 31.6 Å². The van der Waals surface area contributed by atoms with E-state index in [1.54, 1.807) is 19.1 Å². The third kappa shape index (κ3) is 5.09. The van der Waals surface area contributed by atoms with Crippen LogP contribution in [0.3, 0.4) is 0 Å². The van der Waals surface area contributed by atoms with Crippen LogP contribution in [0.25, 0.3) is 0 Å². The summed E-state index contributed by atoms with van der Waals surface area (Å²) in [5.41, 5.74) is 1.68. The third-order valence-electron chi connectivity index (χ3n) is 2.50. The quantitative estimate of drug-likeness (QED) is 0.816. The Kier molecular flexibility index (Phi) is 6.31. The number of hydrogen-bond donors (Lipinski definition) is 1. The molecule has 1 rings (SSSR count). The topological polar surface area (TPSA) is 64.6 Å². The van der Waals surface area contributed by atoms with E-state index in [1.165, 1.54) is 0 Å². The summed E-state index contributed by atoms with van der Waals surface area (Å²) < 4.78 is 10.2. The largest absolute Gasteiger partial charge is 0.481 e. The molecule has 0 atom stereocenters. The maximum atomic E-state index is 11.5. The number of likely N-dealkylation sites (N-methyl/N-ethyl adjacent to an activating group) is 1. The van der Waals surface area contributed by atoms with Crippen molar-refractivity contribution in [1.82, 2.24) is 5.32 Å². The van der Waals surface area contributed by atoms with Crippen LogP contribution in [0.2, 0.25) is 5.02 Å². The van der Waals surface area contributed by atoms with Gasteiger partial charge in [-0.1, -0.05) is 11.6 Å². The smallest absolute Gasteiger partial charge is 0.344 e. The monoisotopic (exact) mass is 299 g/mol. The van der Waals surface area contributed by atoms with E-state index < -0.39 is 5.97 Å². The van der Waals surface area contributed by atoms with Crippen molar-refractivity contribution in [3.63, 3.8) is 0 Å². The van der Waals surface area contributed by atoms with Gasteiger partial charge in [0.1, 0.15) is 5.75 Å². The number of carbonyl (C=O) groups excluding carboxylic acids is 2. The number of esters is 1. The lowest BCUT2D eigenvalue weighted by Crippen LogP contribution is -2.29. The molecule has 0 saturated carbocycles. The van der Waals surface area contributed by atoms with Gasteiger partial charge in [-0.15, -0.1) is 0 Å². The summed E-state index contributed by atoms with van der Waals surface area (Å²) in [6.07, 6.45) is 0. The van der Waals surface area contributed by atoms with E-state index in [0.717, 1.165) is 11.1 Å². The molecule has 0 radical (unpaired) electrons. The van der Waals surface area contributed by atoms with Gasteiger partial charge in [0.25, 0.3) is 5.91 Å². The highest BCUT2D eigenvalue weighted by molar-refractivity contribution is 6.30. The Morgan fingerprint density at radius 3 is 2.35 bits per heavy atom. The molecular formula is C14H18ClNO4. The molecule has 0 aromatic heterocycles. The van der Waals surface area contributed by atoms with Crippen molar-refractivity contribution in [3.8, 4) is 5.75 Å². The maximum Gasteiger partial charge on any atom is 0.344 e. The predicted octanol–water partition coefficient (Wildman–Crippen LogP) is 2.01. The van der Waals surface area contributed by atoms with Gasteiger partial charge in [-0.25, -0.2) is 4.79 Å². The van der Waals surface area contributed by atoms with Crippen LogP contribution >= 0.6 is 11.6 Å². The molecule has 5 nitrogen and oxygen atoms in total. The lowest BCUT2D eigenvalue weighted by atomic mass is 10.1.